The van der Waals surface area contributed by atoms with E-state index >= 15 is 0 Å². The molecule has 0 saturated carbocycles. The van der Waals surface area contributed by atoms with Crippen molar-refractivity contribution in [1.29, 1.82) is 0 Å². The minimum absolute atomic E-state index is 0.0461. The number of methoxy groups -OCH3 is 2. The fourth-order valence-electron chi connectivity index (χ4n) is 3.57. The van der Waals surface area contributed by atoms with E-state index in [2.05, 4.69) is 6.07 Å². The number of hydrogen-bond acceptors (Lipinski definition) is 5. The Labute approximate surface area is 167 Å². The van der Waals surface area contributed by atoms with Gasteiger partial charge in [-0.05, 0) is 59.3 Å². The Balaban J connectivity index is 1.73. The highest BCUT2D eigenvalue weighted by Crippen LogP contribution is 2.42. The quantitative estimate of drug-likeness (QED) is 0.595. The third-order valence-electron chi connectivity index (χ3n) is 4.90. The van der Waals surface area contributed by atoms with Crippen LogP contribution in [0.2, 0.25) is 0 Å². The Morgan fingerprint density at radius 2 is 2.04 bits per heavy atom. The monoisotopic (exact) mass is 395 g/mol. The van der Waals surface area contributed by atoms with Gasteiger partial charge in [0.1, 0.15) is 5.76 Å². The number of thiophene rings is 1. The summed E-state index contributed by atoms with van der Waals surface area (Å²) in [5, 5.41) is 2.03. The number of nitrogens with zero attached hydrogens (tertiary/aromatic N) is 1. The number of benzene rings is 1. The summed E-state index contributed by atoms with van der Waals surface area (Å²) in [6.07, 6.45) is 5.64. The molecule has 6 heteroatoms. The molecule has 0 aliphatic carbocycles. The Kier molecular flexibility index (Phi) is 5.21. The van der Waals surface area contributed by atoms with Gasteiger partial charge in [-0.2, -0.15) is 0 Å². The highest BCUT2D eigenvalue weighted by molar-refractivity contribution is 7.10. The van der Waals surface area contributed by atoms with E-state index in [0.29, 0.717) is 23.8 Å². The van der Waals surface area contributed by atoms with E-state index in [0.717, 1.165) is 16.9 Å². The van der Waals surface area contributed by atoms with Crippen molar-refractivity contribution >= 4 is 23.3 Å². The molecular formula is C22H21NO4S. The fraction of sp³-hybridized carbons (Fsp3) is 0.227. The summed E-state index contributed by atoms with van der Waals surface area (Å²) >= 11 is 1.64. The van der Waals surface area contributed by atoms with Gasteiger partial charge in [0, 0.05) is 17.5 Å². The lowest BCUT2D eigenvalue weighted by atomic mass is 9.90. The molecule has 2 aromatic heterocycles. The summed E-state index contributed by atoms with van der Waals surface area (Å²) in [5.74, 6) is 1.99. The van der Waals surface area contributed by atoms with Gasteiger partial charge >= 0.3 is 0 Å². The summed E-state index contributed by atoms with van der Waals surface area (Å²) in [5.41, 5.74) is 2.25. The van der Waals surface area contributed by atoms with Crippen molar-refractivity contribution in [1.82, 2.24) is 4.90 Å². The lowest BCUT2D eigenvalue weighted by Gasteiger charge is -2.37. The maximum absolute atomic E-state index is 13.0. The zero-order valence-corrected chi connectivity index (χ0v) is 16.6. The standard InChI is InChI=1S/C22H21NO4S/c1-25-18-13-15-9-10-23(21(24)8-7-16-5-3-11-27-16)22(20-6-4-12-28-20)17(15)14-19(18)26-2/h3-8,11-14,22H,9-10H2,1-2H3/b8-7+. The van der Waals surface area contributed by atoms with Crippen molar-refractivity contribution in [3.63, 3.8) is 0 Å². The number of carbonyl (C=O) groups is 1. The van der Waals surface area contributed by atoms with Crippen LogP contribution in [-0.2, 0) is 11.2 Å². The minimum Gasteiger partial charge on any atom is -0.493 e. The van der Waals surface area contributed by atoms with Crippen LogP contribution in [0.3, 0.4) is 0 Å². The van der Waals surface area contributed by atoms with Crippen molar-refractivity contribution in [2.45, 2.75) is 12.5 Å². The molecule has 1 aliphatic rings. The molecule has 0 saturated heterocycles. The molecule has 1 aliphatic heterocycles. The molecule has 1 amide bonds. The van der Waals surface area contributed by atoms with Crippen LogP contribution in [0.1, 0.15) is 27.8 Å². The normalized spacial score (nSPS) is 16.2. The number of carbonyl (C=O) groups excluding carboxylic acids is 1. The van der Waals surface area contributed by atoms with E-state index in [9.17, 15) is 4.79 Å². The van der Waals surface area contributed by atoms with Crippen LogP contribution in [0.4, 0.5) is 0 Å². The van der Waals surface area contributed by atoms with Crippen molar-refractivity contribution in [2.24, 2.45) is 0 Å². The SMILES string of the molecule is COc1cc2c(cc1OC)C(c1cccs1)N(C(=O)/C=C/c1ccco1)CC2. The second-order valence-electron chi connectivity index (χ2n) is 6.45. The van der Waals surface area contributed by atoms with Crippen molar-refractivity contribution < 1.29 is 18.7 Å². The van der Waals surface area contributed by atoms with E-state index in [1.54, 1.807) is 50.0 Å². The van der Waals surface area contributed by atoms with Crippen LogP contribution in [0.25, 0.3) is 6.08 Å². The van der Waals surface area contributed by atoms with Gasteiger partial charge in [-0.3, -0.25) is 4.79 Å². The average molecular weight is 395 g/mol. The van der Waals surface area contributed by atoms with Gasteiger partial charge in [0.2, 0.25) is 5.91 Å². The molecule has 0 bridgehead atoms. The molecule has 0 spiro atoms. The van der Waals surface area contributed by atoms with Gasteiger partial charge in [0.25, 0.3) is 0 Å². The van der Waals surface area contributed by atoms with Gasteiger partial charge in [0.05, 0.1) is 26.5 Å². The number of amides is 1. The highest BCUT2D eigenvalue weighted by atomic mass is 32.1. The zero-order valence-electron chi connectivity index (χ0n) is 15.8. The summed E-state index contributed by atoms with van der Waals surface area (Å²) in [6.45, 7) is 0.631. The van der Waals surface area contributed by atoms with E-state index in [1.165, 1.54) is 5.56 Å². The van der Waals surface area contributed by atoms with Crippen LogP contribution >= 0.6 is 11.3 Å². The van der Waals surface area contributed by atoms with E-state index in [4.69, 9.17) is 13.9 Å². The van der Waals surface area contributed by atoms with Gasteiger partial charge in [-0.15, -0.1) is 11.3 Å². The molecule has 28 heavy (non-hydrogen) atoms. The Morgan fingerprint density at radius 1 is 1.21 bits per heavy atom. The second-order valence-corrected chi connectivity index (χ2v) is 7.43. The highest BCUT2D eigenvalue weighted by Gasteiger charge is 2.33. The first-order valence-corrected chi connectivity index (χ1v) is 9.89. The summed E-state index contributed by atoms with van der Waals surface area (Å²) in [6, 6.07) is 11.6. The Hall–Kier alpha value is -2.99. The van der Waals surface area contributed by atoms with Gasteiger partial charge < -0.3 is 18.8 Å². The van der Waals surface area contributed by atoms with Crippen molar-refractivity contribution in [3.8, 4) is 11.5 Å². The minimum atomic E-state index is -0.155. The molecule has 5 nitrogen and oxygen atoms in total. The first-order chi connectivity index (χ1) is 13.7. The van der Waals surface area contributed by atoms with Gasteiger partial charge in [-0.25, -0.2) is 0 Å². The molecule has 3 heterocycles. The number of rotatable bonds is 5. The van der Waals surface area contributed by atoms with Crippen LogP contribution in [0, 0.1) is 0 Å². The van der Waals surface area contributed by atoms with Gasteiger partial charge in [-0.1, -0.05) is 6.07 Å². The lowest BCUT2D eigenvalue weighted by Crippen LogP contribution is -2.39. The van der Waals surface area contributed by atoms with Crippen LogP contribution in [0.15, 0.2) is 58.5 Å². The first-order valence-electron chi connectivity index (χ1n) is 9.01. The van der Waals surface area contributed by atoms with Crippen molar-refractivity contribution in [3.05, 3.63) is 75.9 Å². The summed E-state index contributed by atoms with van der Waals surface area (Å²) < 4.78 is 16.3. The van der Waals surface area contributed by atoms with E-state index in [1.807, 2.05) is 34.5 Å². The molecule has 1 unspecified atom stereocenters. The third-order valence-corrected chi connectivity index (χ3v) is 5.83. The zero-order chi connectivity index (χ0) is 19.5. The van der Waals surface area contributed by atoms with Crippen LogP contribution in [0.5, 0.6) is 11.5 Å². The maximum Gasteiger partial charge on any atom is 0.247 e. The van der Waals surface area contributed by atoms with Crippen LogP contribution < -0.4 is 9.47 Å². The topological polar surface area (TPSA) is 51.9 Å². The molecule has 3 aromatic rings. The molecule has 4 rings (SSSR count). The number of ether oxygens (including phenoxy) is 2. The molecule has 144 valence electrons. The van der Waals surface area contributed by atoms with E-state index in [-0.39, 0.29) is 11.9 Å². The molecule has 1 aromatic carbocycles. The van der Waals surface area contributed by atoms with Gasteiger partial charge in [0.15, 0.2) is 11.5 Å². The second kappa shape index (κ2) is 7.94. The molecular weight excluding hydrogens is 374 g/mol. The average Bonchev–Trinajstić information content (AvgIpc) is 3.44. The van der Waals surface area contributed by atoms with E-state index < -0.39 is 0 Å². The predicted molar refractivity (Wildman–Crippen MR) is 109 cm³/mol. The van der Waals surface area contributed by atoms with Crippen LogP contribution in [-0.4, -0.2) is 31.6 Å². The third kappa shape index (κ3) is 3.43. The Bertz CT molecular complexity index is 976. The smallest absolute Gasteiger partial charge is 0.247 e. The maximum atomic E-state index is 13.0. The summed E-state index contributed by atoms with van der Waals surface area (Å²) in [4.78, 5) is 16.1. The lowest BCUT2D eigenvalue weighted by molar-refractivity contribution is -0.127. The summed E-state index contributed by atoms with van der Waals surface area (Å²) in [7, 11) is 3.27. The molecule has 0 radical (unpaired) electrons. The Morgan fingerprint density at radius 3 is 2.71 bits per heavy atom. The molecule has 0 fully saturated rings. The van der Waals surface area contributed by atoms with Crippen molar-refractivity contribution in [2.75, 3.05) is 20.8 Å². The molecule has 0 N–H and O–H groups in total. The molecule has 1 atom stereocenters. The number of furan rings is 1. The largest absolute Gasteiger partial charge is 0.493 e. The fourth-order valence-corrected chi connectivity index (χ4v) is 4.43. The predicted octanol–water partition coefficient (Wildman–Crippen LogP) is 4.55. The number of hydrogen-bond donors (Lipinski definition) is 0. The first kappa shape index (κ1) is 18.4. The number of fused-ring (bicyclic) bond motifs is 1.